The molecular formula is C14H10ClNO4. The van der Waals surface area contributed by atoms with Crippen LogP contribution in [0.4, 0.5) is 5.69 Å². The highest BCUT2D eigenvalue weighted by Crippen LogP contribution is 2.15. The number of esters is 1. The maximum Gasteiger partial charge on any atom is 0.338 e. The van der Waals surface area contributed by atoms with Gasteiger partial charge in [-0.2, -0.15) is 0 Å². The van der Waals surface area contributed by atoms with Gasteiger partial charge in [0.2, 0.25) is 0 Å². The van der Waals surface area contributed by atoms with Gasteiger partial charge in [-0.3, -0.25) is 10.1 Å². The predicted octanol–water partition coefficient (Wildman–Crippen LogP) is 3.61. The summed E-state index contributed by atoms with van der Waals surface area (Å²) in [6, 6.07) is 12.2. The fourth-order valence-corrected chi connectivity index (χ4v) is 1.79. The highest BCUT2D eigenvalue weighted by atomic mass is 35.5. The Morgan fingerprint density at radius 2 is 1.90 bits per heavy atom. The first-order valence-corrected chi connectivity index (χ1v) is 6.10. The molecule has 0 amide bonds. The number of rotatable bonds is 4. The number of nitrogens with zero attached hydrogens (tertiary/aromatic N) is 1. The van der Waals surface area contributed by atoms with E-state index >= 15 is 0 Å². The highest BCUT2D eigenvalue weighted by molar-refractivity contribution is 6.30. The summed E-state index contributed by atoms with van der Waals surface area (Å²) in [4.78, 5) is 21.7. The molecule has 0 saturated carbocycles. The maximum atomic E-state index is 11.8. The molecule has 5 nitrogen and oxygen atoms in total. The summed E-state index contributed by atoms with van der Waals surface area (Å²) in [5.41, 5.74) is 0.960. The van der Waals surface area contributed by atoms with E-state index in [1.807, 2.05) is 0 Å². The number of ether oxygens (including phenoxy) is 1. The third-order valence-electron chi connectivity index (χ3n) is 2.57. The lowest BCUT2D eigenvalue weighted by molar-refractivity contribution is -0.384. The number of carbonyl (C=O) groups excluding carboxylic acids is 1. The second-order valence-electron chi connectivity index (χ2n) is 4.01. The molecule has 0 radical (unpaired) electrons. The second kappa shape index (κ2) is 6.16. The van der Waals surface area contributed by atoms with E-state index < -0.39 is 10.9 Å². The zero-order valence-corrected chi connectivity index (χ0v) is 11.0. The highest BCUT2D eigenvalue weighted by Gasteiger charge is 2.10. The molecule has 102 valence electrons. The van der Waals surface area contributed by atoms with Crippen molar-refractivity contribution < 1.29 is 14.5 Å². The van der Waals surface area contributed by atoms with Crippen molar-refractivity contribution in [2.24, 2.45) is 0 Å². The van der Waals surface area contributed by atoms with Gasteiger partial charge in [0.05, 0.1) is 10.5 Å². The molecule has 0 heterocycles. The maximum absolute atomic E-state index is 11.8. The van der Waals surface area contributed by atoms with E-state index in [0.717, 1.165) is 5.56 Å². The van der Waals surface area contributed by atoms with Crippen LogP contribution in [0.2, 0.25) is 5.02 Å². The average molecular weight is 292 g/mol. The molecule has 0 fully saturated rings. The molecule has 0 atom stereocenters. The number of non-ortho nitro benzene ring substituents is 1. The zero-order valence-electron chi connectivity index (χ0n) is 10.3. The molecule has 0 unspecified atom stereocenters. The molecule has 0 aliphatic heterocycles. The van der Waals surface area contributed by atoms with Crippen LogP contribution in [0.5, 0.6) is 0 Å². The molecule has 0 aliphatic carbocycles. The first-order valence-electron chi connectivity index (χ1n) is 5.72. The molecule has 20 heavy (non-hydrogen) atoms. The minimum absolute atomic E-state index is 0.0728. The molecule has 6 heteroatoms. The molecule has 0 aromatic heterocycles. The van der Waals surface area contributed by atoms with Gasteiger partial charge in [-0.05, 0) is 29.8 Å². The second-order valence-corrected chi connectivity index (χ2v) is 4.45. The lowest BCUT2D eigenvalue weighted by Gasteiger charge is -2.05. The largest absolute Gasteiger partial charge is 0.457 e. The van der Waals surface area contributed by atoms with Crippen LogP contribution in [0.1, 0.15) is 15.9 Å². The van der Waals surface area contributed by atoms with Crippen LogP contribution in [0.15, 0.2) is 48.5 Å². The monoisotopic (exact) mass is 291 g/mol. The van der Waals surface area contributed by atoms with E-state index in [-0.39, 0.29) is 17.9 Å². The molecule has 0 saturated heterocycles. The van der Waals surface area contributed by atoms with Crippen molar-refractivity contribution in [2.45, 2.75) is 6.61 Å². The number of hydrogen-bond donors (Lipinski definition) is 0. The van der Waals surface area contributed by atoms with Crippen molar-refractivity contribution in [1.29, 1.82) is 0 Å². The van der Waals surface area contributed by atoms with E-state index in [9.17, 15) is 14.9 Å². The minimum atomic E-state index is -0.542. The third kappa shape index (κ3) is 3.55. The fourth-order valence-electron chi connectivity index (χ4n) is 1.58. The van der Waals surface area contributed by atoms with E-state index in [0.29, 0.717) is 5.02 Å². The Bertz CT molecular complexity index is 640. The van der Waals surface area contributed by atoms with E-state index in [1.165, 1.54) is 24.3 Å². The van der Waals surface area contributed by atoms with Crippen LogP contribution >= 0.6 is 11.6 Å². The molecule has 2 aromatic carbocycles. The number of nitro benzene ring substituents is 1. The summed E-state index contributed by atoms with van der Waals surface area (Å²) in [5.74, 6) is -0.542. The summed E-state index contributed by atoms with van der Waals surface area (Å²) >= 11 is 5.82. The molecule has 0 aliphatic rings. The average Bonchev–Trinajstić information content (AvgIpc) is 2.45. The zero-order chi connectivity index (χ0) is 14.5. The lowest BCUT2D eigenvalue weighted by atomic mass is 10.2. The lowest BCUT2D eigenvalue weighted by Crippen LogP contribution is -2.05. The number of hydrogen-bond acceptors (Lipinski definition) is 4. The topological polar surface area (TPSA) is 69.4 Å². The smallest absolute Gasteiger partial charge is 0.338 e. The first kappa shape index (κ1) is 14.0. The van der Waals surface area contributed by atoms with Crippen LogP contribution in [0.3, 0.4) is 0 Å². The van der Waals surface area contributed by atoms with Gasteiger partial charge in [0.15, 0.2) is 0 Å². The summed E-state index contributed by atoms with van der Waals surface area (Å²) in [7, 11) is 0. The third-order valence-corrected chi connectivity index (χ3v) is 2.81. The van der Waals surface area contributed by atoms with Gasteiger partial charge in [0, 0.05) is 17.2 Å². The van der Waals surface area contributed by atoms with Gasteiger partial charge in [0.1, 0.15) is 6.61 Å². The Morgan fingerprint density at radius 3 is 2.50 bits per heavy atom. The van der Waals surface area contributed by atoms with Gasteiger partial charge >= 0.3 is 5.97 Å². The van der Waals surface area contributed by atoms with Crippen molar-refractivity contribution in [2.75, 3.05) is 0 Å². The number of benzene rings is 2. The number of nitro groups is 1. The van der Waals surface area contributed by atoms with E-state index in [4.69, 9.17) is 16.3 Å². The van der Waals surface area contributed by atoms with Crippen molar-refractivity contribution in [3.63, 3.8) is 0 Å². The Kier molecular flexibility index (Phi) is 4.32. The summed E-state index contributed by atoms with van der Waals surface area (Å²) in [6.45, 7) is 0.0936. The summed E-state index contributed by atoms with van der Waals surface area (Å²) < 4.78 is 5.10. The van der Waals surface area contributed by atoms with Gasteiger partial charge in [0.25, 0.3) is 5.69 Å². The van der Waals surface area contributed by atoms with Crippen LogP contribution < -0.4 is 0 Å². The van der Waals surface area contributed by atoms with Crippen molar-refractivity contribution in [3.05, 3.63) is 74.8 Å². The summed E-state index contributed by atoms with van der Waals surface area (Å²) in [5, 5.41) is 11.1. The first-order chi connectivity index (χ1) is 9.56. The van der Waals surface area contributed by atoms with Crippen molar-refractivity contribution >= 4 is 23.3 Å². The number of carbonyl (C=O) groups is 1. The molecule has 2 rings (SSSR count). The molecular weight excluding hydrogens is 282 g/mol. The van der Waals surface area contributed by atoms with Crippen molar-refractivity contribution in [1.82, 2.24) is 0 Å². The van der Waals surface area contributed by atoms with Gasteiger partial charge in [-0.1, -0.05) is 23.7 Å². The predicted molar refractivity (Wildman–Crippen MR) is 73.7 cm³/mol. The SMILES string of the molecule is O=C(OCc1cccc(Cl)c1)c1ccc([N+](=O)[O-])cc1. The van der Waals surface area contributed by atoms with Gasteiger partial charge < -0.3 is 4.74 Å². The Balaban J connectivity index is 1.99. The van der Waals surface area contributed by atoms with E-state index in [2.05, 4.69) is 0 Å². The molecule has 0 spiro atoms. The van der Waals surface area contributed by atoms with Crippen LogP contribution in [-0.2, 0) is 11.3 Å². The fraction of sp³-hybridized carbons (Fsp3) is 0.0714. The Hall–Kier alpha value is -2.40. The molecule has 0 N–H and O–H groups in total. The summed E-state index contributed by atoms with van der Waals surface area (Å²) in [6.07, 6.45) is 0. The Labute approximate surface area is 119 Å². The van der Waals surface area contributed by atoms with Gasteiger partial charge in [-0.25, -0.2) is 4.79 Å². The van der Waals surface area contributed by atoms with Crippen LogP contribution in [0, 0.1) is 10.1 Å². The van der Waals surface area contributed by atoms with Crippen LogP contribution in [0.25, 0.3) is 0 Å². The number of halogens is 1. The van der Waals surface area contributed by atoms with E-state index in [1.54, 1.807) is 24.3 Å². The Morgan fingerprint density at radius 1 is 1.20 bits per heavy atom. The molecule has 2 aromatic rings. The van der Waals surface area contributed by atoms with Crippen molar-refractivity contribution in [3.8, 4) is 0 Å². The quantitative estimate of drug-likeness (QED) is 0.490. The van der Waals surface area contributed by atoms with Crippen LogP contribution in [-0.4, -0.2) is 10.9 Å². The minimum Gasteiger partial charge on any atom is -0.457 e. The standard InChI is InChI=1S/C14H10ClNO4/c15-12-3-1-2-10(8-12)9-20-14(17)11-4-6-13(7-5-11)16(18)19/h1-8H,9H2. The normalized spacial score (nSPS) is 10.1. The molecule has 0 bridgehead atoms. The van der Waals surface area contributed by atoms with Gasteiger partial charge in [-0.15, -0.1) is 0 Å².